The Morgan fingerprint density at radius 2 is 1.90 bits per heavy atom. The van der Waals surface area contributed by atoms with Crippen LogP contribution in [0.5, 0.6) is 0 Å². The first-order chi connectivity index (χ1) is 9.66. The molecule has 4 nitrogen and oxygen atoms in total. The number of hydrogen-bond acceptors (Lipinski definition) is 3. The van der Waals surface area contributed by atoms with Crippen molar-refractivity contribution in [2.75, 3.05) is 31.1 Å². The fraction of sp³-hybridized carbons (Fsp3) is 0.562. The van der Waals surface area contributed by atoms with Gasteiger partial charge in [-0.15, -0.1) is 0 Å². The molecule has 0 unspecified atom stereocenters. The van der Waals surface area contributed by atoms with Crippen molar-refractivity contribution in [3.05, 3.63) is 29.8 Å². The lowest BCUT2D eigenvalue weighted by atomic mass is 10.2. The molecule has 0 spiro atoms. The molecule has 20 heavy (non-hydrogen) atoms. The largest absolute Gasteiger partial charge is 0.377 e. The lowest BCUT2D eigenvalue weighted by Gasteiger charge is -2.17. The van der Waals surface area contributed by atoms with E-state index in [0.29, 0.717) is 18.7 Å². The summed E-state index contributed by atoms with van der Waals surface area (Å²) in [4.78, 5) is 14.3. The van der Waals surface area contributed by atoms with Crippen LogP contribution < -0.4 is 10.2 Å². The van der Waals surface area contributed by atoms with Gasteiger partial charge in [0.15, 0.2) is 0 Å². The van der Waals surface area contributed by atoms with Crippen molar-refractivity contribution >= 4 is 11.6 Å². The molecule has 0 aromatic heterocycles. The summed E-state index contributed by atoms with van der Waals surface area (Å²) in [5.41, 5.74) is 1.92. The predicted octanol–water partition coefficient (Wildman–Crippen LogP) is 2.44. The highest BCUT2D eigenvalue weighted by Gasteiger charge is 2.12. The highest BCUT2D eigenvalue weighted by Crippen LogP contribution is 2.20. The maximum Gasteiger partial charge on any atom is 0.251 e. The molecule has 1 aromatic rings. The Kier molecular flexibility index (Phi) is 5.41. The molecule has 1 amide bonds. The Balaban J connectivity index is 1.81. The van der Waals surface area contributed by atoms with Gasteiger partial charge >= 0.3 is 0 Å². The van der Waals surface area contributed by atoms with Gasteiger partial charge in [-0.25, -0.2) is 0 Å². The predicted molar refractivity (Wildman–Crippen MR) is 81.3 cm³/mol. The molecule has 0 bridgehead atoms. The summed E-state index contributed by atoms with van der Waals surface area (Å²) in [7, 11) is 0. The Bertz CT molecular complexity index is 423. The molecule has 1 aliphatic rings. The summed E-state index contributed by atoms with van der Waals surface area (Å²) < 4.78 is 5.39. The van der Waals surface area contributed by atoms with Crippen molar-refractivity contribution in [2.45, 2.75) is 32.8 Å². The number of carbonyl (C=O) groups excluding carboxylic acids is 1. The minimum absolute atomic E-state index is 0.0367. The van der Waals surface area contributed by atoms with Crippen LogP contribution in [0.2, 0.25) is 0 Å². The van der Waals surface area contributed by atoms with Gasteiger partial charge in [-0.2, -0.15) is 0 Å². The van der Waals surface area contributed by atoms with Crippen LogP contribution in [0.3, 0.4) is 0 Å². The monoisotopic (exact) mass is 276 g/mol. The SMILES string of the molecule is CC(C)OCCNC(=O)c1ccc(N2CCCC2)cc1. The number of nitrogens with one attached hydrogen (secondary N) is 1. The van der Waals surface area contributed by atoms with E-state index in [1.54, 1.807) is 0 Å². The quantitative estimate of drug-likeness (QED) is 0.811. The second kappa shape index (κ2) is 7.29. The average Bonchev–Trinajstić information content (AvgIpc) is 2.97. The zero-order valence-electron chi connectivity index (χ0n) is 12.4. The lowest BCUT2D eigenvalue weighted by molar-refractivity contribution is 0.0746. The zero-order chi connectivity index (χ0) is 14.4. The van der Waals surface area contributed by atoms with Crippen LogP contribution in [0.1, 0.15) is 37.0 Å². The van der Waals surface area contributed by atoms with Gasteiger partial charge in [-0.3, -0.25) is 4.79 Å². The molecule has 0 saturated carbocycles. The number of rotatable bonds is 6. The van der Waals surface area contributed by atoms with Gasteiger partial charge in [-0.1, -0.05) is 0 Å². The number of ether oxygens (including phenoxy) is 1. The van der Waals surface area contributed by atoms with Crippen molar-refractivity contribution in [2.24, 2.45) is 0 Å². The number of benzene rings is 1. The van der Waals surface area contributed by atoms with E-state index >= 15 is 0 Å². The Morgan fingerprint density at radius 1 is 1.25 bits per heavy atom. The number of amides is 1. The number of nitrogens with zero attached hydrogens (tertiary/aromatic N) is 1. The van der Waals surface area contributed by atoms with Crippen LogP contribution in [0.15, 0.2) is 24.3 Å². The van der Waals surface area contributed by atoms with Gasteiger partial charge in [-0.05, 0) is 51.0 Å². The minimum atomic E-state index is -0.0367. The highest BCUT2D eigenvalue weighted by molar-refractivity contribution is 5.94. The second-order valence-electron chi connectivity index (χ2n) is 5.42. The highest BCUT2D eigenvalue weighted by atomic mass is 16.5. The topological polar surface area (TPSA) is 41.6 Å². The Hall–Kier alpha value is -1.55. The van der Waals surface area contributed by atoms with Gasteiger partial charge in [0.1, 0.15) is 0 Å². The van der Waals surface area contributed by atoms with Crippen LogP contribution in [0.4, 0.5) is 5.69 Å². The molecule has 0 atom stereocenters. The van der Waals surface area contributed by atoms with Crippen molar-refractivity contribution in [3.63, 3.8) is 0 Å². The first-order valence-electron chi connectivity index (χ1n) is 7.41. The van der Waals surface area contributed by atoms with Crippen molar-refractivity contribution < 1.29 is 9.53 Å². The van der Waals surface area contributed by atoms with E-state index < -0.39 is 0 Å². The molecule has 1 saturated heterocycles. The third-order valence-electron chi connectivity index (χ3n) is 3.44. The molecule has 1 fully saturated rings. The molecular formula is C16H24N2O2. The molecule has 1 N–H and O–H groups in total. The maximum absolute atomic E-state index is 11.9. The molecule has 2 rings (SSSR count). The third kappa shape index (κ3) is 4.23. The summed E-state index contributed by atoms with van der Waals surface area (Å²) in [6, 6.07) is 7.86. The van der Waals surface area contributed by atoms with Crippen molar-refractivity contribution in [1.82, 2.24) is 5.32 Å². The molecular weight excluding hydrogens is 252 g/mol. The van der Waals surface area contributed by atoms with E-state index in [1.807, 2.05) is 38.1 Å². The van der Waals surface area contributed by atoms with Crippen LogP contribution >= 0.6 is 0 Å². The number of hydrogen-bond donors (Lipinski definition) is 1. The van der Waals surface area contributed by atoms with Crippen LogP contribution in [0.25, 0.3) is 0 Å². The molecule has 0 radical (unpaired) electrons. The zero-order valence-corrected chi connectivity index (χ0v) is 12.4. The Labute approximate surface area is 121 Å². The van der Waals surface area contributed by atoms with E-state index in [9.17, 15) is 4.79 Å². The van der Waals surface area contributed by atoms with Crippen LogP contribution in [-0.2, 0) is 4.74 Å². The molecule has 1 heterocycles. The summed E-state index contributed by atoms with van der Waals surface area (Å²) in [6.45, 7) is 7.31. The van der Waals surface area contributed by atoms with Gasteiger partial charge in [0.25, 0.3) is 5.91 Å². The van der Waals surface area contributed by atoms with E-state index in [4.69, 9.17) is 4.74 Å². The summed E-state index contributed by atoms with van der Waals surface area (Å²) in [5.74, 6) is -0.0367. The standard InChI is InChI=1S/C16H24N2O2/c1-13(2)20-12-9-17-16(19)14-5-7-15(8-6-14)18-10-3-4-11-18/h5-8,13H,3-4,9-12H2,1-2H3,(H,17,19). The molecule has 1 aromatic carbocycles. The Morgan fingerprint density at radius 3 is 2.50 bits per heavy atom. The van der Waals surface area contributed by atoms with Crippen molar-refractivity contribution in [1.29, 1.82) is 0 Å². The van der Waals surface area contributed by atoms with Gasteiger partial charge in [0, 0.05) is 30.9 Å². The number of anilines is 1. The lowest BCUT2D eigenvalue weighted by Crippen LogP contribution is -2.28. The third-order valence-corrected chi connectivity index (χ3v) is 3.44. The fourth-order valence-electron chi connectivity index (χ4n) is 2.36. The summed E-state index contributed by atoms with van der Waals surface area (Å²) >= 11 is 0. The first-order valence-corrected chi connectivity index (χ1v) is 7.41. The fourth-order valence-corrected chi connectivity index (χ4v) is 2.36. The van der Waals surface area contributed by atoms with E-state index in [-0.39, 0.29) is 12.0 Å². The van der Waals surface area contributed by atoms with Crippen molar-refractivity contribution in [3.8, 4) is 0 Å². The summed E-state index contributed by atoms with van der Waals surface area (Å²) in [5, 5.41) is 2.87. The maximum atomic E-state index is 11.9. The van der Waals surface area contributed by atoms with E-state index in [2.05, 4.69) is 10.2 Å². The first kappa shape index (κ1) is 14.9. The van der Waals surface area contributed by atoms with Gasteiger partial charge in [0.2, 0.25) is 0 Å². The van der Waals surface area contributed by atoms with Gasteiger partial charge < -0.3 is 15.0 Å². The molecule has 4 heteroatoms. The van der Waals surface area contributed by atoms with E-state index in [1.165, 1.54) is 18.5 Å². The smallest absolute Gasteiger partial charge is 0.251 e. The van der Waals surface area contributed by atoms with Crippen LogP contribution in [-0.4, -0.2) is 38.3 Å². The normalized spacial score (nSPS) is 14.8. The average molecular weight is 276 g/mol. The summed E-state index contributed by atoms with van der Waals surface area (Å²) in [6.07, 6.45) is 2.72. The van der Waals surface area contributed by atoms with Crippen LogP contribution in [0, 0.1) is 0 Å². The number of carbonyl (C=O) groups is 1. The second-order valence-corrected chi connectivity index (χ2v) is 5.42. The molecule has 110 valence electrons. The van der Waals surface area contributed by atoms with Gasteiger partial charge in [0.05, 0.1) is 12.7 Å². The molecule has 0 aliphatic carbocycles. The molecule has 1 aliphatic heterocycles. The minimum Gasteiger partial charge on any atom is -0.377 e. The van der Waals surface area contributed by atoms with E-state index in [0.717, 1.165) is 13.1 Å².